The molecule has 1 rings (SSSR count). The number of rotatable bonds is 0. The Balaban J connectivity index is 3.05. The van der Waals surface area contributed by atoms with Crippen molar-refractivity contribution in [3.63, 3.8) is 0 Å². The summed E-state index contributed by atoms with van der Waals surface area (Å²) in [5, 5.41) is 0. The molecule has 0 aliphatic carbocycles. The van der Waals surface area contributed by atoms with Crippen molar-refractivity contribution in [2.75, 3.05) is 0 Å². The van der Waals surface area contributed by atoms with Gasteiger partial charge >= 0.3 is 68.6 Å². The van der Waals surface area contributed by atoms with Gasteiger partial charge in [-0.2, -0.15) is 0 Å². The van der Waals surface area contributed by atoms with Crippen molar-refractivity contribution in [3.05, 3.63) is 21.0 Å². The van der Waals surface area contributed by atoms with E-state index in [1.54, 1.807) is 10.0 Å². The molecule has 56 valence electrons. The molecule has 0 amide bonds. The summed E-state index contributed by atoms with van der Waals surface area (Å²) < 4.78 is 1.60. The summed E-state index contributed by atoms with van der Waals surface area (Å²) in [7, 11) is 0. The van der Waals surface area contributed by atoms with Gasteiger partial charge in [0.2, 0.25) is 0 Å². The topological polar surface area (TPSA) is 0 Å². The van der Waals surface area contributed by atoms with Crippen LogP contribution < -0.4 is 0 Å². The Kier molecular flexibility index (Phi) is 2.07. The van der Waals surface area contributed by atoms with Gasteiger partial charge in [0, 0.05) is 0 Å². The average molecular weight is 201 g/mol. The van der Waals surface area contributed by atoms with Crippen LogP contribution in [0.5, 0.6) is 0 Å². The standard InChI is InChI=1S/C9H14Se/c1-7-8(5-6-10-7)9(2,3)4/h5-6H,1-4H3. The van der Waals surface area contributed by atoms with Crippen molar-refractivity contribution in [1.82, 2.24) is 0 Å². The fourth-order valence-corrected chi connectivity index (χ4v) is 3.07. The van der Waals surface area contributed by atoms with Crippen molar-refractivity contribution < 1.29 is 0 Å². The van der Waals surface area contributed by atoms with Gasteiger partial charge in [-0.25, -0.2) is 0 Å². The molecule has 10 heavy (non-hydrogen) atoms. The van der Waals surface area contributed by atoms with Crippen LogP contribution in [0.2, 0.25) is 0 Å². The molecule has 0 radical (unpaired) electrons. The first-order chi connectivity index (χ1) is 4.52. The minimum absolute atomic E-state index is 0.360. The van der Waals surface area contributed by atoms with Crippen molar-refractivity contribution in [1.29, 1.82) is 0 Å². The Hall–Kier alpha value is -0.000519. The van der Waals surface area contributed by atoms with E-state index in [2.05, 4.69) is 38.7 Å². The molecule has 0 aliphatic rings. The summed E-state index contributed by atoms with van der Waals surface area (Å²) in [4.78, 5) is 2.31. The van der Waals surface area contributed by atoms with Crippen LogP contribution in [0.3, 0.4) is 0 Å². The van der Waals surface area contributed by atoms with E-state index in [0.29, 0.717) is 19.9 Å². The summed E-state index contributed by atoms with van der Waals surface area (Å²) in [6.07, 6.45) is 0. The van der Waals surface area contributed by atoms with E-state index in [4.69, 9.17) is 0 Å². The van der Waals surface area contributed by atoms with Gasteiger partial charge < -0.3 is 0 Å². The molecule has 0 atom stereocenters. The summed E-state index contributed by atoms with van der Waals surface area (Å²) in [6, 6.07) is 2.29. The van der Waals surface area contributed by atoms with Gasteiger partial charge in [0.15, 0.2) is 0 Å². The molecule has 1 heterocycles. The van der Waals surface area contributed by atoms with Gasteiger partial charge in [-0.15, -0.1) is 0 Å². The Bertz CT molecular complexity index is 215. The van der Waals surface area contributed by atoms with Crippen LogP contribution in [0.1, 0.15) is 30.8 Å². The van der Waals surface area contributed by atoms with Gasteiger partial charge in [-0.05, 0) is 0 Å². The third-order valence-corrected chi connectivity index (χ3v) is 3.44. The van der Waals surface area contributed by atoms with Crippen LogP contribution in [0.15, 0.2) is 11.0 Å². The zero-order chi connectivity index (χ0) is 7.78. The van der Waals surface area contributed by atoms with E-state index in [1.807, 2.05) is 0 Å². The third kappa shape index (κ3) is 1.53. The molecular weight excluding hydrogens is 187 g/mol. The zero-order valence-corrected chi connectivity index (χ0v) is 8.78. The molecule has 0 saturated carbocycles. The van der Waals surface area contributed by atoms with Gasteiger partial charge in [0.25, 0.3) is 0 Å². The van der Waals surface area contributed by atoms with Crippen LogP contribution in [-0.4, -0.2) is 14.5 Å². The van der Waals surface area contributed by atoms with E-state index in [1.165, 1.54) is 0 Å². The molecular formula is C9H14Se. The monoisotopic (exact) mass is 202 g/mol. The first-order valence-electron chi connectivity index (χ1n) is 3.56. The zero-order valence-electron chi connectivity index (χ0n) is 7.06. The van der Waals surface area contributed by atoms with E-state index in [-0.39, 0.29) is 0 Å². The quantitative estimate of drug-likeness (QED) is 0.565. The Morgan fingerprint density at radius 2 is 1.90 bits per heavy atom. The SMILES string of the molecule is Cc1[se]ccc1C(C)(C)C. The first kappa shape index (κ1) is 8.10. The second kappa shape index (κ2) is 2.56. The normalized spacial score (nSPS) is 12.0. The fourth-order valence-electron chi connectivity index (χ4n) is 1.16. The predicted molar refractivity (Wildman–Crippen MR) is 46.8 cm³/mol. The average Bonchev–Trinajstić information content (AvgIpc) is 2.11. The molecule has 0 bridgehead atoms. The molecule has 0 unspecified atom stereocenters. The Morgan fingerprint density at radius 1 is 1.30 bits per heavy atom. The summed E-state index contributed by atoms with van der Waals surface area (Å²) >= 11 is 0.655. The second-order valence-corrected chi connectivity index (χ2v) is 5.99. The van der Waals surface area contributed by atoms with Crippen LogP contribution in [-0.2, 0) is 5.41 Å². The molecule has 0 spiro atoms. The maximum atomic E-state index is 2.31. The third-order valence-electron chi connectivity index (χ3n) is 1.67. The van der Waals surface area contributed by atoms with E-state index < -0.39 is 0 Å². The second-order valence-electron chi connectivity index (χ2n) is 3.64. The molecule has 1 aromatic heterocycles. The summed E-state index contributed by atoms with van der Waals surface area (Å²) in [5.41, 5.74) is 1.91. The van der Waals surface area contributed by atoms with Gasteiger partial charge in [-0.1, -0.05) is 0 Å². The van der Waals surface area contributed by atoms with Crippen molar-refractivity contribution in [3.8, 4) is 0 Å². The first-order valence-corrected chi connectivity index (χ1v) is 5.41. The van der Waals surface area contributed by atoms with Gasteiger partial charge in [0.05, 0.1) is 0 Å². The van der Waals surface area contributed by atoms with Crippen molar-refractivity contribution >= 4 is 14.5 Å². The number of hydrogen-bond acceptors (Lipinski definition) is 0. The number of hydrogen-bond donors (Lipinski definition) is 0. The van der Waals surface area contributed by atoms with Crippen LogP contribution in [0, 0.1) is 6.92 Å². The molecule has 0 nitrogen and oxygen atoms in total. The fraction of sp³-hybridized carbons (Fsp3) is 0.556. The van der Waals surface area contributed by atoms with Crippen LogP contribution in [0.25, 0.3) is 0 Å². The number of aryl methyl sites for hydroxylation is 1. The predicted octanol–water partition coefficient (Wildman–Crippen LogP) is 2.35. The van der Waals surface area contributed by atoms with E-state index in [9.17, 15) is 0 Å². The van der Waals surface area contributed by atoms with Crippen molar-refractivity contribution in [2.24, 2.45) is 0 Å². The summed E-state index contributed by atoms with van der Waals surface area (Å²) in [5.74, 6) is 0. The van der Waals surface area contributed by atoms with E-state index in [0.717, 1.165) is 0 Å². The van der Waals surface area contributed by atoms with Gasteiger partial charge in [0.1, 0.15) is 0 Å². The van der Waals surface area contributed by atoms with Crippen molar-refractivity contribution in [2.45, 2.75) is 33.1 Å². The Morgan fingerprint density at radius 3 is 2.10 bits per heavy atom. The van der Waals surface area contributed by atoms with E-state index >= 15 is 0 Å². The van der Waals surface area contributed by atoms with Gasteiger partial charge in [-0.3, -0.25) is 0 Å². The molecule has 0 saturated heterocycles. The minimum atomic E-state index is 0.360. The Labute approximate surface area is 69.0 Å². The molecule has 1 heteroatoms. The maximum absolute atomic E-state index is 2.31. The summed E-state index contributed by atoms with van der Waals surface area (Å²) in [6.45, 7) is 9.08. The molecule has 0 aliphatic heterocycles. The molecule has 0 aromatic carbocycles. The van der Waals surface area contributed by atoms with Crippen LogP contribution >= 0.6 is 0 Å². The van der Waals surface area contributed by atoms with Crippen LogP contribution in [0.4, 0.5) is 0 Å². The molecule has 0 fully saturated rings. The molecule has 0 N–H and O–H groups in total. The molecule has 1 aromatic rings.